The lowest BCUT2D eigenvalue weighted by Gasteiger charge is -2.32. The van der Waals surface area contributed by atoms with Crippen molar-refractivity contribution in [1.82, 2.24) is 0 Å². The summed E-state index contributed by atoms with van der Waals surface area (Å²) < 4.78 is 5.46. The largest absolute Gasteiger partial charge is 0.496 e. The molecule has 0 saturated heterocycles. The molecular weight excluding hydrogens is 262 g/mol. The first-order valence-corrected chi connectivity index (χ1v) is 7.09. The van der Waals surface area contributed by atoms with Crippen molar-refractivity contribution in [2.75, 3.05) is 19.0 Å². The summed E-state index contributed by atoms with van der Waals surface area (Å²) in [4.78, 5) is 0. The maximum absolute atomic E-state index is 9.96. The van der Waals surface area contributed by atoms with E-state index in [0.717, 1.165) is 22.6 Å². The minimum atomic E-state index is -0.606. The molecule has 0 fully saturated rings. The van der Waals surface area contributed by atoms with Gasteiger partial charge in [0.25, 0.3) is 0 Å². The van der Waals surface area contributed by atoms with Crippen molar-refractivity contribution >= 4 is 5.69 Å². The number of aliphatic hydroxyl groups excluding tert-OH is 1. The third-order valence-electron chi connectivity index (χ3n) is 3.70. The minimum Gasteiger partial charge on any atom is -0.496 e. The molecule has 3 heteroatoms. The number of aryl methyl sites for hydroxylation is 2. The van der Waals surface area contributed by atoms with Crippen LogP contribution in [0.25, 0.3) is 0 Å². The van der Waals surface area contributed by atoms with Crippen LogP contribution in [0.4, 0.5) is 5.69 Å². The lowest BCUT2D eigenvalue weighted by Crippen LogP contribution is -2.36. The normalized spacial score (nSPS) is 13.6. The van der Waals surface area contributed by atoms with Gasteiger partial charge in [-0.3, -0.25) is 0 Å². The average Bonchev–Trinajstić information content (AvgIpc) is 2.47. The molecule has 3 nitrogen and oxygen atoms in total. The molecule has 0 spiro atoms. The van der Waals surface area contributed by atoms with Gasteiger partial charge in [-0.05, 0) is 50.6 Å². The van der Waals surface area contributed by atoms with Crippen LogP contribution in [-0.4, -0.2) is 18.8 Å². The van der Waals surface area contributed by atoms with Crippen LogP contribution in [0.1, 0.15) is 23.6 Å². The van der Waals surface area contributed by atoms with E-state index in [4.69, 9.17) is 4.74 Å². The lowest BCUT2D eigenvalue weighted by atomic mass is 9.90. The molecule has 0 bridgehead atoms. The summed E-state index contributed by atoms with van der Waals surface area (Å²) in [6.45, 7) is 6.04. The van der Waals surface area contributed by atoms with Crippen LogP contribution in [0.15, 0.2) is 42.5 Å². The minimum absolute atomic E-state index is 0.0270. The Balaban J connectivity index is 2.43. The fourth-order valence-corrected chi connectivity index (χ4v) is 2.49. The van der Waals surface area contributed by atoms with Crippen molar-refractivity contribution in [3.63, 3.8) is 0 Å². The van der Waals surface area contributed by atoms with Crippen molar-refractivity contribution in [2.45, 2.75) is 26.3 Å². The quantitative estimate of drug-likeness (QED) is 0.881. The second-order valence-corrected chi connectivity index (χ2v) is 5.69. The Morgan fingerprint density at radius 2 is 1.81 bits per heavy atom. The first-order valence-electron chi connectivity index (χ1n) is 7.09. The van der Waals surface area contributed by atoms with E-state index in [2.05, 4.69) is 30.4 Å². The van der Waals surface area contributed by atoms with Crippen molar-refractivity contribution in [3.05, 3.63) is 59.2 Å². The fraction of sp³-hybridized carbons (Fsp3) is 0.333. The molecule has 21 heavy (non-hydrogen) atoms. The van der Waals surface area contributed by atoms with Crippen LogP contribution >= 0.6 is 0 Å². The molecule has 2 N–H and O–H groups in total. The van der Waals surface area contributed by atoms with Crippen LogP contribution < -0.4 is 10.1 Å². The predicted molar refractivity (Wildman–Crippen MR) is 87.0 cm³/mol. The topological polar surface area (TPSA) is 41.5 Å². The fourth-order valence-electron chi connectivity index (χ4n) is 2.49. The molecular formula is C18H23NO2. The summed E-state index contributed by atoms with van der Waals surface area (Å²) in [7, 11) is 1.65. The molecule has 2 rings (SSSR count). The van der Waals surface area contributed by atoms with Gasteiger partial charge in [0.15, 0.2) is 0 Å². The molecule has 0 aromatic heterocycles. The highest BCUT2D eigenvalue weighted by molar-refractivity contribution is 5.52. The number of ether oxygens (including phenoxy) is 1. The zero-order valence-corrected chi connectivity index (χ0v) is 13.1. The van der Waals surface area contributed by atoms with Gasteiger partial charge >= 0.3 is 0 Å². The molecule has 1 unspecified atom stereocenters. The Kier molecular flexibility index (Phi) is 4.53. The number of anilines is 1. The van der Waals surface area contributed by atoms with Crippen molar-refractivity contribution < 1.29 is 9.84 Å². The number of aliphatic hydroxyl groups is 1. The highest BCUT2D eigenvalue weighted by Gasteiger charge is 2.29. The van der Waals surface area contributed by atoms with Crippen LogP contribution in [0, 0.1) is 13.8 Å². The number of nitrogens with one attached hydrogen (secondary N) is 1. The molecule has 0 aliphatic rings. The molecule has 0 amide bonds. The summed E-state index contributed by atoms with van der Waals surface area (Å²) >= 11 is 0. The van der Waals surface area contributed by atoms with E-state index in [-0.39, 0.29) is 6.61 Å². The van der Waals surface area contributed by atoms with Gasteiger partial charge in [-0.15, -0.1) is 0 Å². The van der Waals surface area contributed by atoms with Gasteiger partial charge in [0.2, 0.25) is 0 Å². The number of rotatable bonds is 5. The third-order valence-corrected chi connectivity index (χ3v) is 3.70. The number of hydrogen-bond acceptors (Lipinski definition) is 3. The average molecular weight is 285 g/mol. The first-order chi connectivity index (χ1) is 9.98. The Labute approximate surface area is 126 Å². The second-order valence-electron chi connectivity index (χ2n) is 5.69. The van der Waals surface area contributed by atoms with E-state index in [1.165, 1.54) is 5.56 Å². The molecule has 112 valence electrons. The monoisotopic (exact) mass is 285 g/mol. The molecule has 0 aliphatic heterocycles. The Hall–Kier alpha value is -2.00. The second kappa shape index (κ2) is 6.19. The highest BCUT2D eigenvalue weighted by Crippen LogP contribution is 2.33. The summed E-state index contributed by atoms with van der Waals surface area (Å²) in [6, 6.07) is 14.1. The summed E-state index contributed by atoms with van der Waals surface area (Å²) in [5.74, 6) is 0.775. The molecule has 0 heterocycles. The first kappa shape index (κ1) is 15.4. The molecule has 0 radical (unpaired) electrons. The van der Waals surface area contributed by atoms with Crippen LogP contribution in [0.2, 0.25) is 0 Å². The van der Waals surface area contributed by atoms with Gasteiger partial charge in [0, 0.05) is 11.3 Å². The van der Waals surface area contributed by atoms with Gasteiger partial charge in [0.1, 0.15) is 5.75 Å². The van der Waals surface area contributed by atoms with Gasteiger partial charge in [-0.2, -0.15) is 0 Å². The van der Waals surface area contributed by atoms with Crippen LogP contribution in [-0.2, 0) is 5.54 Å². The zero-order chi connectivity index (χ0) is 15.5. The Morgan fingerprint density at radius 3 is 2.43 bits per heavy atom. The molecule has 0 saturated carbocycles. The number of benzene rings is 2. The van der Waals surface area contributed by atoms with Crippen molar-refractivity contribution in [2.24, 2.45) is 0 Å². The Morgan fingerprint density at radius 1 is 1.10 bits per heavy atom. The molecule has 2 aromatic carbocycles. The third kappa shape index (κ3) is 3.37. The molecule has 1 atom stereocenters. The maximum Gasteiger partial charge on any atom is 0.124 e. The summed E-state index contributed by atoms with van der Waals surface area (Å²) in [6.07, 6.45) is 0. The van der Waals surface area contributed by atoms with E-state index in [1.54, 1.807) is 7.11 Å². The van der Waals surface area contributed by atoms with Gasteiger partial charge < -0.3 is 15.2 Å². The lowest BCUT2D eigenvalue weighted by molar-refractivity contribution is 0.220. The van der Waals surface area contributed by atoms with E-state index < -0.39 is 5.54 Å². The molecule has 0 aliphatic carbocycles. The van der Waals surface area contributed by atoms with E-state index in [9.17, 15) is 5.11 Å². The Bertz CT molecular complexity index is 624. The maximum atomic E-state index is 9.96. The predicted octanol–water partition coefficient (Wildman–Crippen LogP) is 3.63. The van der Waals surface area contributed by atoms with E-state index in [0.29, 0.717) is 0 Å². The van der Waals surface area contributed by atoms with Crippen molar-refractivity contribution in [1.29, 1.82) is 0 Å². The zero-order valence-electron chi connectivity index (χ0n) is 13.1. The number of hydrogen-bond donors (Lipinski definition) is 2. The van der Waals surface area contributed by atoms with Gasteiger partial charge in [0.05, 0.1) is 19.3 Å². The van der Waals surface area contributed by atoms with Crippen molar-refractivity contribution in [3.8, 4) is 5.75 Å². The van der Waals surface area contributed by atoms with Crippen LogP contribution in [0.3, 0.4) is 0 Å². The highest BCUT2D eigenvalue weighted by atomic mass is 16.5. The van der Waals surface area contributed by atoms with E-state index in [1.807, 2.05) is 38.1 Å². The van der Waals surface area contributed by atoms with E-state index >= 15 is 0 Å². The SMILES string of the molecule is COc1ccc(C)cc1C(C)(CO)Nc1cccc(C)c1. The summed E-state index contributed by atoms with van der Waals surface area (Å²) in [5, 5.41) is 13.4. The van der Waals surface area contributed by atoms with Crippen LogP contribution in [0.5, 0.6) is 5.75 Å². The molecule has 2 aromatic rings. The standard InChI is InChI=1S/C18H23NO2/c1-13-6-5-7-15(10-13)19-18(3,12-20)16-11-14(2)8-9-17(16)21-4/h5-11,19-20H,12H2,1-4H3. The smallest absolute Gasteiger partial charge is 0.124 e. The summed E-state index contributed by atoms with van der Waals surface area (Å²) in [5.41, 5.74) is 3.64. The number of methoxy groups -OCH3 is 1. The van der Waals surface area contributed by atoms with Gasteiger partial charge in [-0.25, -0.2) is 0 Å². The van der Waals surface area contributed by atoms with Gasteiger partial charge in [-0.1, -0.05) is 23.8 Å².